The number of carbonyl (C=O) groups is 3. The lowest BCUT2D eigenvalue weighted by atomic mass is 10.2. The summed E-state index contributed by atoms with van der Waals surface area (Å²) in [7, 11) is 0. The fraction of sp³-hybridized carbons (Fsp3) is 0.278. The van der Waals surface area contributed by atoms with E-state index in [0.717, 1.165) is 0 Å². The number of carbonyl (C=O) groups excluding carboxylic acids is 3. The predicted octanol–water partition coefficient (Wildman–Crippen LogP) is 1.49. The van der Waals surface area contributed by atoms with E-state index in [2.05, 4.69) is 26.1 Å². The first-order chi connectivity index (χ1) is 13.1. The van der Waals surface area contributed by atoms with Crippen molar-refractivity contribution in [3.05, 3.63) is 52.4 Å². The van der Waals surface area contributed by atoms with Crippen molar-refractivity contribution in [3.63, 3.8) is 0 Å². The summed E-state index contributed by atoms with van der Waals surface area (Å²) in [5.41, 5.74) is -0.204. The molecule has 0 saturated carbocycles. The van der Waals surface area contributed by atoms with Crippen LogP contribution in [0.1, 0.15) is 31.3 Å². The minimum absolute atomic E-state index is 0.0376. The van der Waals surface area contributed by atoms with E-state index in [1.54, 1.807) is 39.0 Å². The molecule has 0 aliphatic heterocycles. The molecule has 2 rings (SSSR count). The van der Waals surface area contributed by atoms with Crippen LogP contribution in [0, 0.1) is 0 Å². The van der Waals surface area contributed by atoms with Crippen LogP contribution < -0.4 is 21.5 Å². The summed E-state index contributed by atoms with van der Waals surface area (Å²) in [5.74, 6) is -0.983. The summed E-state index contributed by atoms with van der Waals surface area (Å²) in [6.45, 7) is 4.88. The van der Waals surface area contributed by atoms with Gasteiger partial charge in [0.15, 0.2) is 0 Å². The van der Waals surface area contributed by atoms with Crippen LogP contribution in [-0.4, -0.2) is 40.3 Å². The van der Waals surface area contributed by atoms with Crippen LogP contribution in [0.15, 0.2) is 41.2 Å². The van der Waals surface area contributed by atoms with Crippen LogP contribution in [0.25, 0.3) is 0 Å². The first kappa shape index (κ1) is 20.6. The Morgan fingerprint density at radius 3 is 2.36 bits per heavy atom. The highest BCUT2D eigenvalue weighted by Crippen LogP contribution is 2.15. The lowest BCUT2D eigenvalue weighted by Crippen LogP contribution is -2.37. The zero-order valence-electron chi connectivity index (χ0n) is 15.7. The summed E-state index contributed by atoms with van der Waals surface area (Å²) in [6, 6.07) is 8.90. The van der Waals surface area contributed by atoms with E-state index in [9.17, 15) is 19.2 Å². The number of anilines is 2. The molecule has 28 heavy (non-hydrogen) atoms. The standard InChI is InChI=1S/C18H21N5O5/c1-18(2,3)28-17(27)19-10-15(25)20-11-5-4-6-12(9-11)21-16(26)13-7-8-14(24)23-22-13/h4-9H,10H2,1-3H3,(H,19,27)(H,20,25)(H,21,26)(H,23,24). The number of alkyl carbamates (subject to hydrolysis) is 1. The molecule has 0 bridgehead atoms. The molecule has 1 heterocycles. The van der Waals surface area contributed by atoms with Gasteiger partial charge >= 0.3 is 6.09 Å². The molecule has 3 amide bonds. The molecule has 0 unspecified atom stereocenters. The van der Waals surface area contributed by atoms with Gasteiger partial charge in [0.25, 0.3) is 11.5 Å². The highest BCUT2D eigenvalue weighted by molar-refractivity contribution is 6.03. The average molecular weight is 387 g/mol. The van der Waals surface area contributed by atoms with Crippen molar-refractivity contribution in [3.8, 4) is 0 Å². The van der Waals surface area contributed by atoms with E-state index in [1.807, 2.05) is 0 Å². The Morgan fingerprint density at radius 1 is 1.07 bits per heavy atom. The summed E-state index contributed by atoms with van der Waals surface area (Å²) < 4.78 is 5.05. The molecule has 1 aromatic heterocycles. The molecule has 10 nitrogen and oxygen atoms in total. The van der Waals surface area contributed by atoms with E-state index in [0.29, 0.717) is 11.4 Å². The molecule has 0 aliphatic carbocycles. The summed E-state index contributed by atoms with van der Waals surface area (Å²) in [6.07, 6.45) is -0.697. The zero-order valence-corrected chi connectivity index (χ0v) is 15.7. The topological polar surface area (TPSA) is 142 Å². The zero-order chi connectivity index (χ0) is 20.7. The number of nitrogens with zero attached hydrogens (tertiary/aromatic N) is 1. The largest absolute Gasteiger partial charge is 0.444 e. The monoisotopic (exact) mass is 387 g/mol. The van der Waals surface area contributed by atoms with Crippen LogP contribution in [0.5, 0.6) is 0 Å². The van der Waals surface area contributed by atoms with Gasteiger partial charge in [0, 0.05) is 17.4 Å². The van der Waals surface area contributed by atoms with E-state index in [-0.39, 0.29) is 12.2 Å². The second-order valence-electron chi connectivity index (χ2n) is 6.74. The normalized spacial score (nSPS) is 10.7. The van der Waals surface area contributed by atoms with E-state index < -0.39 is 29.1 Å². The van der Waals surface area contributed by atoms with Gasteiger partial charge in [-0.25, -0.2) is 9.89 Å². The van der Waals surface area contributed by atoms with Crippen molar-refractivity contribution < 1.29 is 19.1 Å². The van der Waals surface area contributed by atoms with Gasteiger partial charge in [-0.3, -0.25) is 14.4 Å². The molecule has 0 saturated heterocycles. The molecule has 0 radical (unpaired) electrons. The third-order valence-corrected chi connectivity index (χ3v) is 3.11. The number of nitrogens with one attached hydrogen (secondary N) is 4. The maximum Gasteiger partial charge on any atom is 0.408 e. The lowest BCUT2D eigenvalue weighted by molar-refractivity contribution is -0.115. The summed E-state index contributed by atoms with van der Waals surface area (Å²) >= 11 is 0. The number of aromatic nitrogens is 2. The van der Waals surface area contributed by atoms with Crippen molar-refractivity contribution in [2.75, 3.05) is 17.2 Å². The highest BCUT2D eigenvalue weighted by atomic mass is 16.6. The average Bonchev–Trinajstić information content (AvgIpc) is 2.59. The molecular formula is C18H21N5O5. The number of H-pyrrole nitrogens is 1. The second-order valence-corrected chi connectivity index (χ2v) is 6.74. The van der Waals surface area contributed by atoms with E-state index in [4.69, 9.17) is 4.74 Å². The smallest absolute Gasteiger partial charge is 0.408 e. The fourth-order valence-electron chi connectivity index (χ4n) is 2.01. The molecule has 10 heteroatoms. The number of hydrogen-bond acceptors (Lipinski definition) is 6. The van der Waals surface area contributed by atoms with Gasteiger partial charge in [-0.1, -0.05) is 6.07 Å². The maximum atomic E-state index is 12.1. The number of benzene rings is 1. The number of amides is 3. The molecule has 0 spiro atoms. The van der Waals surface area contributed by atoms with Crippen LogP contribution in [-0.2, 0) is 9.53 Å². The van der Waals surface area contributed by atoms with Crippen molar-refractivity contribution in [1.29, 1.82) is 0 Å². The van der Waals surface area contributed by atoms with E-state index in [1.165, 1.54) is 18.2 Å². The SMILES string of the molecule is CC(C)(C)OC(=O)NCC(=O)Nc1cccc(NC(=O)c2ccc(=O)[nH]n2)c1. The first-order valence-corrected chi connectivity index (χ1v) is 8.36. The van der Waals surface area contributed by atoms with Crippen molar-refractivity contribution in [1.82, 2.24) is 15.5 Å². The molecule has 4 N–H and O–H groups in total. The predicted molar refractivity (Wildman–Crippen MR) is 102 cm³/mol. The van der Waals surface area contributed by atoms with Crippen LogP contribution >= 0.6 is 0 Å². The quantitative estimate of drug-likeness (QED) is 0.612. The van der Waals surface area contributed by atoms with Gasteiger partial charge in [-0.2, -0.15) is 5.10 Å². The Kier molecular flexibility index (Phi) is 6.48. The highest BCUT2D eigenvalue weighted by Gasteiger charge is 2.16. The van der Waals surface area contributed by atoms with Gasteiger partial charge in [0.05, 0.1) is 0 Å². The Bertz CT molecular complexity index is 912. The molecule has 1 aromatic carbocycles. The summed E-state index contributed by atoms with van der Waals surface area (Å²) in [4.78, 5) is 46.6. The minimum atomic E-state index is -0.697. The van der Waals surface area contributed by atoms with E-state index >= 15 is 0 Å². The van der Waals surface area contributed by atoms with Gasteiger partial charge in [-0.15, -0.1) is 0 Å². The van der Waals surface area contributed by atoms with Gasteiger partial charge in [-0.05, 0) is 45.0 Å². The summed E-state index contributed by atoms with van der Waals surface area (Å²) in [5, 5.41) is 13.4. The number of rotatable bonds is 5. The minimum Gasteiger partial charge on any atom is -0.444 e. The number of ether oxygens (including phenoxy) is 1. The van der Waals surface area contributed by atoms with Gasteiger partial charge in [0.1, 0.15) is 17.8 Å². The second kappa shape index (κ2) is 8.80. The first-order valence-electron chi connectivity index (χ1n) is 8.36. The lowest BCUT2D eigenvalue weighted by Gasteiger charge is -2.19. The maximum absolute atomic E-state index is 12.1. The van der Waals surface area contributed by atoms with Gasteiger partial charge < -0.3 is 20.7 Å². The van der Waals surface area contributed by atoms with Crippen LogP contribution in [0.2, 0.25) is 0 Å². The van der Waals surface area contributed by atoms with Crippen molar-refractivity contribution in [2.24, 2.45) is 0 Å². The third kappa shape index (κ3) is 6.90. The van der Waals surface area contributed by atoms with Crippen molar-refractivity contribution in [2.45, 2.75) is 26.4 Å². The Labute approximate surface area is 160 Å². The Balaban J connectivity index is 1.91. The van der Waals surface area contributed by atoms with Crippen LogP contribution in [0.4, 0.5) is 16.2 Å². The number of hydrogen-bond donors (Lipinski definition) is 4. The Hall–Kier alpha value is -3.69. The fourth-order valence-corrected chi connectivity index (χ4v) is 2.01. The molecule has 2 aromatic rings. The molecular weight excluding hydrogens is 366 g/mol. The van der Waals surface area contributed by atoms with Crippen LogP contribution in [0.3, 0.4) is 0 Å². The molecule has 0 atom stereocenters. The molecule has 0 fully saturated rings. The van der Waals surface area contributed by atoms with Crippen molar-refractivity contribution >= 4 is 29.3 Å². The Morgan fingerprint density at radius 2 is 1.75 bits per heavy atom. The third-order valence-electron chi connectivity index (χ3n) is 3.11. The molecule has 148 valence electrons. The van der Waals surface area contributed by atoms with Gasteiger partial charge in [0.2, 0.25) is 5.91 Å². The molecule has 0 aliphatic rings. The number of aromatic amines is 1.